The number of aromatic amines is 1. The average Bonchev–Trinajstić information content (AvgIpc) is 2.74. The third kappa shape index (κ3) is 3.28. The van der Waals surface area contributed by atoms with Crippen molar-refractivity contribution in [3.05, 3.63) is 17.5 Å². The van der Waals surface area contributed by atoms with Gasteiger partial charge < -0.3 is 15.5 Å². The fraction of sp³-hybridized carbons (Fsp3) is 0.500. The van der Waals surface area contributed by atoms with E-state index in [1.54, 1.807) is 6.07 Å². The zero-order chi connectivity index (χ0) is 13.1. The van der Waals surface area contributed by atoms with Crippen molar-refractivity contribution in [3.8, 4) is 0 Å². The Morgan fingerprint density at radius 3 is 2.71 bits per heavy atom. The molecule has 1 heterocycles. The van der Waals surface area contributed by atoms with E-state index in [1.165, 1.54) is 0 Å². The van der Waals surface area contributed by atoms with Gasteiger partial charge in [-0.15, -0.1) is 0 Å². The van der Waals surface area contributed by atoms with Crippen molar-refractivity contribution in [2.45, 2.75) is 25.9 Å². The van der Waals surface area contributed by atoms with Crippen molar-refractivity contribution in [1.82, 2.24) is 15.5 Å². The second-order valence-corrected chi connectivity index (χ2v) is 3.89. The lowest BCUT2D eigenvalue weighted by Gasteiger charge is -2.17. The monoisotopic (exact) mass is 241 g/mol. The molecule has 0 aliphatic heterocycles. The molecule has 17 heavy (non-hydrogen) atoms. The van der Waals surface area contributed by atoms with Gasteiger partial charge in [0.2, 0.25) is 0 Å². The smallest absolute Gasteiger partial charge is 0.337 e. The maximum atomic E-state index is 11.5. The number of nitrogens with one attached hydrogen (secondary N) is 2. The first kappa shape index (κ1) is 13.2. The highest BCUT2D eigenvalue weighted by atomic mass is 16.4. The molecule has 0 fully saturated rings. The minimum Gasteiger partial charge on any atom is -0.479 e. The van der Waals surface area contributed by atoms with Crippen molar-refractivity contribution in [1.29, 1.82) is 0 Å². The molecule has 0 radical (unpaired) electrons. The molecule has 1 aromatic rings. The third-order valence-electron chi connectivity index (χ3n) is 2.30. The Bertz CT molecular complexity index is 425. The van der Waals surface area contributed by atoms with Gasteiger partial charge in [0.15, 0.2) is 5.60 Å². The van der Waals surface area contributed by atoms with Crippen LogP contribution < -0.4 is 5.32 Å². The first-order chi connectivity index (χ1) is 7.86. The predicted molar refractivity (Wildman–Crippen MR) is 58.6 cm³/mol. The molecule has 0 aliphatic carbocycles. The van der Waals surface area contributed by atoms with Crippen LogP contribution >= 0.6 is 0 Å². The summed E-state index contributed by atoms with van der Waals surface area (Å²) in [6.07, 6.45) is 0.715. The highest BCUT2D eigenvalue weighted by Crippen LogP contribution is 2.03. The second-order valence-electron chi connectivity index (χ2n) is 3.89. The Morgan fingerprint density at radius 2 is 2.24 bits per heavy atom. The van der Waals surface area contributed by atoms with Crippen LogP contribution in [0.1, 0.15) is 30.0 Å². The van der Waals surface area contributed by atoms with Gasteiger partial charge >= 0.3 is 5.97 Å². The lowest BCUT2D eigenvalue weighted by Crippen LogP contribution is -2.46. The summed E-state index contributed by atoms with van der Waals surface area (Å²) in [5.41, 5.74) is -1.01. The van der Waals surface area contributed by atoms with E-state index in [2.05, 4.69) is 15.5 Å². The van der Waals surface area contributed by atoms with Gasteiger partial charge in [-0.2, -0.15) is 5.10 Å². The Morgan fingerprint density at radius 1 is 1.59 bits per heavy atom. The summed E-state index contributed by atoms with van der Waals surface area (Å²) in [6, 6.07) is 1.57. The Hall–Kier alpha value is -1.89. The van der Waals surface area contributed by atoms with Crippen LogP contribution in [-0.4, -0.2) is 44.4 Å². The highest BCUT2D eigenvalue weighted by Gasteiger charge is 2.30. The van der Waals surface area contributed by atoms with E-state index in [4.69, 9.17) is 5.11 Å². The molecule has 0 bridgehead atoms. The Balaban J connectivity index is 2.58. The highest BCUT2D eigenvalue weighted by molar-refractivity contribution is 5.92. The first-order valence-electron chi connectivity index (χ1n) is 5.15. The average molecular weight is 241 g/mol. The summed E-state index contributed by atoms with van der Waals surface area (Å²) in [4.78, 5) is 22.1. The molecular formula is C10H15N3O4. The van der Waals surface area contributed by atoms with Crippen molar-refractivity contribution >= 4 is 11.9 Å². The number of carboxylic acid groups (broad SMARTS) is 1. The van der Waals surface area contributed by atoms with Crippen LogP contribution in [0.3, 0.4) is 0 Å². The molecule has 0 spiro atoms. The normalized spacial score (nSPS) is 14.1. The molecule has 1 atom stereocenters. The largest absolute Gasteiger partial charge is 0.479 e. The summed E-state index contributed by atoms with van der Waals surface area (Å²) < 4.78 is 0. The summed E-state index contributed by atoms with van der Waals surface area (Å²) in [6.45, 7) is 2.64. The van der Waals surface area contributed by atoms with Crippen LogP contribution in [0.15, 0.2) is 6.07 Å². The number of carboxylic acids is 1. The molecule has 0 saturated carbocycles. The molecule has 0 aromatic carbocycles. The van der Waals surface area contributed by atoms with E-state index >= 15 is 0 Å². The zero-order valence-electron chi connectivity index (χ0n) is 9.65. The second kappa shape index (κ2) is 4.96. The number of aromatic nitrogens is 2. The Labute approximate surface area is 97.8 Å². The maximum absolute atomic E-state index is 11.5. The molecular weight excluding hydrogens is 226 g/mol. The van der Waals surface area contributed by atoms with Gasteiger partial charge in [0, 0.05) is 5.69 Å². The molecule has 7 heteroatoms. The van der Waals surface area contributed by atoms with Crippen LogP contribution in [0, 0.1) is 0 Å². The molecule has 0 aliphatic rings. The van der Waals surface area contributed by atoms with E-state index in [9.17, 15) is 14.7 Å². The lowest BCUT2D eigenvalue weighted by molar-refractivity contribution is -0.155. The summed E-state index contributed by atoms with van der Waals surface area (Å²) in [5.74, 6) is -1.92. The standard InChI is InChI=1S/C10H15N3O4/c1-3-6-4-7(13-12-6)8(14)11-5-10(2,17)9(15)16/h4,17H,3,5H2,1-2H3,(H,11,14)(H,12,13)(H,15,16). The van der Waals surface area contributed by atoms with Crippen LogP contribution in [0.2, 0.25) is 0 Å². The van der Waals surface area contributed by atoms with E-state index in [1.807, 2.05) is 6.92 Å². The third-order valence-corrected chi connectivity index (χ3v) is 2.30. The number of H-pyrrole nitrogens is 1. The van der Waals surface area contributed by atoms with E-state index in [0.717, 1.165) is 12.6 Å². The molecule has 1 amide bonds. The van der Waals surface area contributed by atoms with Gasteiger partial charge in [0.05, 0.1) is 6.54 Å². The maximum Gasteiger partial charge on any atom is 0.337 e. The number of rotatable bonds is 5. The molecule has 1 rings (SSSR count). The van der Waals surface area contributed by atoms with Gasteiger partial charge in [-0.3, -0.25) is 9.89 Å². The fourth-order valence-corrected chi connectivity index (χ4v) is 1.08. The lowest BCUT2D eigenvalue weighted by atomic mass is 10.1. The number of nitrogens with zero attached hydrogens (tertiary/aromatic N) is 1. The number of hydrogen-bond acceptors (Lipinski definition) is 4. The minimum atomic E-state index is -1.99. The quantitative estimate of drug-likeness (QED) is 0.556. The minimum absolute atomic E-state index is 0.169. The Kier molecular flexibility index (Phi) is 3.84. The molecule has 0 saturated heterocycles. The van der Waals surface area contributed by atoms with Gasteiger partial charge in [-0.25, -0.2) is 4.79 Å². The van der Waals surface area contributed by atoms with E-state index < -0.39 is 17.5 Å². The van der Waals surface area contributed by atoms with Crippen molar-refractivity contribution in [2.24, 2.45) is 0 Å². The number of aryl methyl sites for hydroxylation is 1. The van der Waals surface area contributed by atoms with Gasteiger partial charge in [-0.1, -0.05) is 6.92 Å². The van der Waals surface area contributed by atoms with E-state index in [-0.39, 0.29) is 12.2 Å². The van der Waals surface area contributed by atoms with Crippen molar-refractivity contribution in [3.63, 3.8) is 0 Å². The fourth-order valence-electron chi connectivity index (χ4n) is 1.08. The van der Waals surface area contributed by atoms with Crippen molar-refractivity contribution < 1.29 is 19.8 Å². The van der Waals surface area contributed by atoms with Gasteiger partial charge in [0.25, 0.3) is 5.91 Å². The van der Waals surface area contributed by atoms with Crippen LogP contribution in [0.5, 0.6) is 0 Å². The predicted octanol–water partition coefficient (Wildman–Crippen LogP) is -0.463. The molecule has 1 aromatic heterocycles. The van der Waals surface area contributed by atoms with Gasteiger partial charge in [-0.05, 0) is 19.4 Å². The topological polar surface area (TPSA) is 115 Å². The number of aliphatic carboxylic acids is 1. The molecule has 4 N–H and O–H groups in total. The van der Waals surface area contributed by atoms with Crippen LogP contribution in [0.4, 0.5) is 0 Å². The number of carbonyl (C=O) groups excluding carboxylic acids is 1. The first-order valence-corrected chi connectivity index (χ1v) is 5.15. The molecule has 7 nitrogen and oxygen atoms in total. The molecule has 1 unspecified atom stereocenters. The number of hydrogen-bond donors (Lipinski definition) is 4. The summed E-state index contributed by atoms with van der Waals surface area (Å²) in [5, 5.41) is 26.8. The van der Waals surface area contributed by atoms with Crippen molar-refractivity contribution in [2.75, 3.05) is 6.54 Å². The number of carbonyl (C=O) groups is 2. The van der Waals surface area contributed by atoms with Gasteiger partial charge in [0.1, 0.15) is 5.69 Å². The zero-order valence-corrected chi connectivity index (χ0v) is 9.65. The molecule has 94 valence electrons. The number of amides is 1. The summed E-state index contributed by atoms with van der Waals surface area (Å²) >= 11 is 0. The SMILES string of the molecule is CCc1cc(C(=O)NCC(C)(O)C(=O)O)n[nH]1. The van der Waals surface area contributed by atoms with E-state index in [0.29, 0.717) is 6.42 Å². The van der Waals surface area contributed by atoms with Crippen LogP contribution in [0.25, 0.3) is 0 Å². The summed E-state index contributed by atoms with van der Waals surface area (Å²) in [7, 11) is 0. The number of aliphatic hydroxyl groups is 1. The van der Waals surface area contributed by atoms with Crippen LogP contribution in [-0.2, 0) is 11.2 Å².